The number of amides is 1. The van der Waals surface area contributed by atoms with Gasteiger partial charge < -0.3 is 10.3 Å². The van der Waals surface area contributed by atoms with Crippen LogP contribution in [0.2, 0.25) is 0 Å². The summed E-state index contributed by atoms with van der Waals surface area (Å²) < 4.78 is 2.26. The van der Waals surface area contributed by atoms with Gasteiger partial charge in [-0.25, -0.2) is 0 Å². The Hall–Kier alpha value is -3.66. The number of primary amides is 1. The summed E-state index contributed by atoms with van der Waals surface area (Å²) in [5.74, 6) is -0.349. The average Bonchev–Trinajstić information content (AvgIpc) is 2.98. The molecular weight excluding hydrogens is 372 g/mol. The number of Topliss-reactive ketones (excluding diaryl/α,β-unsaturated/α-hetero) is 1. The highest BCUT2D eigenvalue weighted by atomic mass is 16.1. The molecule has 0 spiro atoms. The minimum Gasteiger partial charge on any atom is -0.366 e. The van der Waals surface area contributed by atoms with Gasteiger partial charge in [0, 0.05) is 34.3 Å². The summed E-state index contributed by atoms with van der Waals surface area (Å²) >= 11 is 0. The van der Waals surface area contributed by atoms with Gasteiger partial charge in [-0.2, -0.15) is 0 Å². The van der Waals surface area contributed by atoms with Crippen LogP contribution < -0.4 is 5.73 Å². The van der Waals surface area contributed by atoms with Gasteiger partial charge in [-0.1, -0.05) is 48.5 Å². The van der Waals surface area contributed by atoms with E-state index in [1.165, 1.54) is 0 Å². The zero-order chi connectivity index (χ0) is 21.4. The van der Waals surface area contributed by atoms with Crippen molar-refractivity contribution >= 4 is 22.6 Å². The molecule has 3 aromatic carbocycles. The van der Waals surface area contributed by atoms with Crippen molar-refractivity contribution in [1.82, 2.24) is 4.57 Å². The zero-order valence-electron chi connectivity index (χ0n) is 17.4. The predicted octanol–water partition coefficient (Wildman–Crippen LogP) is 5.27. The van der Waals surface area contributed by atoms with Crippen molar-refractivity contribution in [2.45, 2.75) is 27.3 Å². The first-order chi connectivity index (χ1) is 14.4. The summed E-state index contributed by atoms with van der Waals surface area (Å²) in [6, 6.07) is 21.6. The largest absolute Gasteiger partial charge is 0.366 e. The summed E-state index contributed by atoms with van der Waals surface area (Å²) in [7, 11) is 0. The summed E-state index contributed by atoms with van der Waals surface area (Å²) in [6.07, 6.45) is 0. The number of hydrogen-bond acceptors (Lipinski definition) is 2. The van der Waals surface area contributed by atoms with E-state index in [4.69, 9.17) is 5.73 Å². The molecular formula is C26H24N2O2. The number of nitrogens with zero attached hydrogens (tertiary/aromatic N) is 1. The number of rotatable bonds is 5. The Balaban J connectivity index is 1.69. The molecule has 1 aromatic heterocycles. The van der Waals surface area contributed by atoms with Crippen LogP contribution >= 0.6 is 0 Å². The molecule has 0 bridgehead atoms. The molecule has 0 unspecified atom stereocenters. The Morgan fingerprint density at radius 1 is 0.933 bits per heavy atom. The molecule has 4 aromatic rings. The molecule has 0 radical (unpaired) electrons. The lowest BCUT2D eigenvalue weighted by Gasteiger charge is -2.11. The molecule has 1 heterocycles. The van der Waals surface area contributed by atoms with Crippen molar-refractivity contribution in [1.29, 1.82) is 0 Å². The van der Waals surface area contributed by atoms with E-state index in [0.717, 1.165) is 51.0 Å². The van der Waals surface area contributed by atoms with E-state index < -0.39 is 5.91 Å². The van der Waals surface area contributed by atoms with Gasteiger partial charge in [-0.05, 0) is 61.2 Å². The van der Waals surface area contributed by atoms with Crippen LogP contribution in [-0.2, 0) is 6.54 Å². The first kappa shape index (κ1) is 19.6. The summed E-state index contributed by atoms with van der Waals surface area (Å²) in [4.78, 5) is 23.5. The number of ketones is 1. The molecule has 4 nitrogen and oxygen atoms in total. The fourth-order valence-electron chi connectivity index (χ4n) is 4.02. The van der Waals surface area contributed by atoms with Crippen LogP contribution in [0.5, 0.6) is 0 Å². The third kappa shape index (κ3) is 3.41. The molecule has 0 aliphatic rings. The van der Waals surface area contributed by atoms with Crippen molar-refractivity contribution in [2.75, 3.05) is 0 Å². The molecule has 0 atom stereocenters. The first-order valence-corrected chi connectivity index (χ1v) is 9.95. The number of nitrogens with two attached hydrogens (primary N) is 1. The van der Waals surface area contributed by atoms with E-state index in [2.05, 4.69) is 42.7 Å². The number of carbonyl (C=O) groups is 2. The molecule has 0 aliphatic heterocycles. The summed E-state index contributed by atoms with van der Waals surface area (Å²) in [6.45, 7) is 6.48. The van der Waals surface area contributed by atoms with Crippen molar-refractivity contribution in [3.8, 4) is 11.1 Å². The fraction of sp³-hybridized carbons (Fsp3) is 0.154. The minimum absolute atomic E-state index is 0.0647. The monoisotopic (exact) mass is 396 g/mol. The number of aryl methyl sites for hydroxylation is 1. The second kappa shape index (κ2) is 7.64. The minimum atomic E-state index is -0.414. The number of benzene rings is 3. The van der Waals surface area contributed by atoms with E-state index in [1.54, 1.807) is 13.0 Å². The molecule has 150 valence electrons. The van der Waals surface area contributed by atoms with E-state index in [9.17, 15) is 9.59 Å². The quantitative estimate of drug-likeness (QED) is 0.467. The maximum Gasteiger partial charge on any atom is 0.248 e. The zero-order valence-corrected chi connectivity index (χ0v) is 17.4. The Morgan fingerprint density at radius 2 is 1.63 bits per heavy atom. The molecule has 2 N–H and O–H groups in total. The van der Waals surface area contributed by atoms with Gasteiger partial charge in [0.15, 0.2) is 5.78 Å². The van der Waals surface area contributed by atoms with Gasteiger partial charge in [-0.3, -0.25) is 9.59 Å². The second-order valence-electron chi connectivity index (χ2n) is 7.69. The number of hydrogen-bond donors (Lipinski definition) is 1. The lowest BCUT2D eigenvalue weighted by molar-refractivity contribution is 0.0996. The predicted molar refractivity (Wildman–Crippen MR) is 121 cm³/mol. The molecule has 4 heteroatoms. The number of aromatic nitrogens is 1. The van der Waals surface area contributed by atoms with Crippen LogP contribution in [0.25, 0.3) is 22.0 Å². The molecule has 0 saturated heterocycles. The van der Waals surface area contributed by atoms with Crippen LogP contribution in [-0.4, -0.2) is 16.3 Å². The maximum absolute atomic E-state index is 11.9. The van der Waals surface area contributed by atoms with Crippen molar-refractivity contribution < 1.29 is 9.59 Å². The molecule has 30 heavy (non-hydrogen) atoms. The molecule has 0 fully saturated rings. The number of fused-ring (bicyclic) bond motifs is 1. The first-order valence-electron chi connectivity index (χ1n) is 9.95. The summed E-state index contributed by atoms with van der Waals surface area (Å²) in [5, 5.41) is 1.05. The molecule has 0 saturated carbocycles. The van der Waals surface area contributed by atoms with Gasteiger partial charge >= 0.3 is 0 Å². The van der Waals surface area contributed by atoms with Crippen molar-refractivity contribution in [3.05, 3.63) is 94.7 Å². The van der Waals surface area contributed by atoms with E-state index in [0.29, 0.717) is 5.56 Å². The van der Waals surface area contributed by atoms with Gasteiger partial charge in [0.25, 0.3) is 0 Å². The fourth-order valence-corrected chi connectivity index (χ4v) is 4.02. The Morgan fingerprint density at radius 3 is 2.30 bits per heavy atom. The van der Waals surface area contributed by atoms with Gasteiger partial charge in [0.2, 0.25) is 5.91 Å². The van der Waals surface area contributed by atoms with Gasteiger partial charge in [0.1, 0.15) is 0 Å². The van der Waals surface area contributed by atoms with Crippen LogP contribution in [0, 0.1) is 13.8 Å². The second-order valence-corrected chi connectivity index (χ2v) is 7.69. The highest BCUT2D eigenvalue weighted by molar-refractivity contribution is 6.01. The SMILES string of the molecule is CC(=O)c1ccccc1-c1ccc(Cn2c(C)c(C)c3cc(C(N)=O)ccc32)cc1. The molecule has 4 rings (SSSR count). The highest BCUT2D eigenvalue weighted by Crippen LogP contribution is 2.28. The Labute approximate surface area is 175 Å². The average molecular weight is 396 g/mol. The van der Waals surface area contributed by atoms with Crippen molar-refractivity contribution in [2.24, 2.45) is 5.73 Å². The van der Waals surface area contributed by atoms with Crippen LogP contribution in [0.1, 0.15) is 44.5 Å². The standard InChI is InChI=1S/C26H24N2O2/c1-16-17(2)28(25-13-12-21(26(27)30)14-24(16)25)15-19-8-10-20(11-9-19)23-7-5-4-6-22(23)18(3)29/h4-14H,15H2,1-3H3,(H2,27,30). The lowest BCUT2D eigenvalue weighted by atomic mass is 9.97. The van der Waals surface area contributed by atoms with Gasteiger partial charge in [0.05, 0.1) is 0 Å². The van der Waals surface area contributed by atoms with E-state index >= 15 is 0 Å². The van der Waals surface area contributed by atoms with Crippen molar-refractivity contribution in [3.63, 3.8) is 0 Å². The topological polar surface area (TPSA) is 65.1 Å². The van der Waals surface area contributed by atoms with Gasteiger partial charge in [-0.15, -0.1) is 0 Å². The normalized spacial score (nSPS) is 11.0. The highest BCUT2D eigenvalue weighted by Gasteiger charge is 2.14. The van der Waals surface area contributed by atoms with E-state index in [1.807, 2.05) is 36.4 Å². The smallest absolute Gasteiger partial charge is 0.248 e. The lowest BCUT2D eigenvalue weighted by Crippen LogP contribution is -2.10. The van der Waals surface area contributed by atoms with E-state index in [-0.39, 0.29) is 5.78 Å². The Bertz CT molecular complexity index is 1280. The van der Waals surface area contributed by atoms with Crippen LogP contribution in [0.3, 0.4) is 0 Å². The third-order valence-electron chi connectivity index (χ3n) is 5.84. The summed E-state index contributed by atoms with van der Waals surface area (Å²) in [5.41, 5.74) is 13.3. The Kier molecular flexibility index (Phi) is 5.00. The molecule has 1 amide bonds. The molecule has 0 aliphatic carbocycles. The van der Waals surface area contributed by atoms with Crippen LogP contribution in [0.4, 0.5) is 0 Å². The number of carbonyl (C=O) groups excluding carboxylic acids is 2. The van der Waals surface area contributed by atoms with Crippen LogP contribution in [0.15, 0.2) is 66.7 Å². The third-order valence-corrected chi connectivity index (χ3v) is 5.84. The maximum atomic E-state index is 11.9.